The summed E-state index contributed by atoms with van der Waals surface area (Å²) in [6, 6.07) is 6.01. The van der Waals surface area contributed by atoms with Crippen LogP contribution in [0.4, 0.5) is 0 Å². The van der Waals surface area contributed by atoms with Crippen molar-refractivity contribution in [2.75, 3.05) is 12.8 Å². The second-order valence-corrected chi connectivity index (χ2v) is 9.38. The highest BCUT2D eigenvalue weighted by Gasteiger charge is 2.46. The first-order valence-electron chi connectivity index (χ1n) is 9.28. The van der Waals surface area contributed by atoms with Crippen molar-refractivity contribution in [1.82, 2.24) is 10.2 Å². The molecule has 3 atom stereocenters. The Hall–Kier alpha value is -2.48. The third-order valence-corrected chi connectivity index (χ3v) is 6.48. The summed E-state index contributed by atoms with van der Waals surface area (Å²) in [5.74, 6) is -1.21. The average Bonchev–Trinajstić information content (AvgIpc) is 2.90. The molecule has 1 saturated heterocycles. The fourth-order valence-electron chi connectivity index (χ4n) is 3.70. The van der Waals surface area contributed by atoms with Crippen molar-refractivity contribution >= 4 is 27.6 Å². The molecule has 0 unspecified atom stereocenters. The quantitative estimate of drug-likeness (QED) is 0.573. The van der Waals surface area contributed by atoms with Gasteiger partial charge in [-0.2, -0.15) is 0 Å². The van der Waals surface area contributed by atoms with Crippen LogP contribution in [-0.4, -0.2) is 43.8 Å². The highest BCUT2D eigenvalue weighted by molar-refractivity contribution is 7.90. The first-order chi connectivity index (χ1) is 13.2. The second kappa shape index (κ2) is 7.87. The van der Waals surface area contributed by atoms with Crippen LogP contribution in [0.25, 0.3) is 0 Å². The highest BCUT2D eigenvalue weighted by Crippen LogP contribution is 2.35. The molecule has 0 aromatic heterocycles. The molecule has 8 heteroatoms. The number of sulfone groups is 1. The molecule has 1 aromatic rings. The molecule has 3 amide bonds. The van der Waals surface area contributed by atoms with Gasteiger partial charge in [0.25, 0.3) is 0 Å². The summed E-state index contributed by atoms with van der Waals surface area (Å²) in [6.07, 6.45) is 6.20. The van der Waals surface area contributed by atoms with E-state index in [0.717, 1.165) is 11.8 Å². The molecule has 1 aliphatic heterocycles. The number of rotatable bonds is 6. The molecule has 1 fully saturated rings. The Morgan fingerprint density at radius 1 is 1.11 bits per heavy atom. The fourth-order valence-corrected chi connectivity index (χ4v) is 4.33. The second-order valence-electron chi connectivity index (χ2n) is 7.36. The number of hydrogen-bond acceptors (Lipinski definition) is 5. The fraction of sp³-hybridized carbons (Fsp3) is 0.450. The van der Waals surface area contributed by atoms with Crippen LogP contribution in [0.15, 0.2) is 41.3 Å². The highest BCUT2D eigenvalue weighted by atomic mass is 32.2. The largest absolute Gasteiger partial charge is 0.350 e. The van der Waals surface area contributed by atoms with E-state index in [4.69, 9.17) is 0 Å². The lowest BCUT2D eigenvalue weighted by Gasteiger charge is -2.17. The molecule has 1 heterocycles. The first kappa shape index (κ1) is 20.3. The summed E-state index contributed by atoms with van der Waals surface area (Å²) in [5.41, 5.74) is 0.770. The Morgan fingerprint density at radius 3 is 2.14 bits per heavy atom. The van der Waals surface area contributed by atoms with Gasteiger partial charge in [-0.15, -0.1) is 0 Å². The van der Waals surface area contributed by atoms with Crippen LogP contribution in [0.1, 0.15) is 37.8 Å². The Morgan fingerprint density at radius 2 is 1.64 bits per heavy atom. The zero-order valence-corrected chi connectivity index (χ0v) is 16.7. The van der Waals surface area contributed by atoms with Crippen molar-refractivity contribution in [3.63, 3.8) is 0 Å². The maximum absolute atomic E-state index is 12.4. The average molecular weight is 404 g/mol. The van der Waals surface area contributed by atoms with Gasteiger partial charge < -0.3 is 5.32 Å². The lowest BCUT2D eigenvalue weighted by molar-refractivity contribution is -0.140. The van der Waals surface area contributed by atoms with Gasteiger partial charge in [0, 0.05) is 19.2 Å². The van der Waals surface area contributed by atoms with Crippen LogP contribution in [-0.2, 0) is 24.2 Å². The molecular formula is C20H24N2O5S. The molecule has 1 N–H and O–H groups in total. The number of nitrogens with zero attached hydrogens (tertiary/aromatic N) is 1. The van der Waals surface area contributed by atoms with E-state index < -0.39 is 9.84 Å². The number of likely N-dealkylation sites (tertiary alicyclic amines) is 1. The van der Waals surface area contributed by atoms with E-state index in [9.17, 15) is 22.8 Å². The van der Waals surface area contributed by atoms with Crippen molar-refractivity contribution < 1.29 is 22.8 Å². The van der Waals surface area contributed by atoms with Crippen LogP contribution < -0.4 is 5.32 Å². The minimum Gasteiger partial charge on any atom is -0.350 e. The molecule has 1 aromatic carbocycles. The van der Waals surface area contributed by atoms with E-state index in [1.165, 1.54) is 17.0 Å². The van der Waals surface area contributed by atoms with Crippen molar-refractivity contribution in [1.29, 1.82) is 0 Å². The van der Waals surface area contributed by atoms with E-state index in [2.05, 4.69) is 5.32 Å². The van der Waals surface area contributed by atoms with Gasteiger partial charge in [0.05, 0.1) is 22.8 Å². The maximum atomic E-state index is 12.4. The van der Waals surface area contributed by atoms with E-state index in [-0.39, 0.29) is 53.5 Å². The van der Waals surface area contributed by atoms with Gasteiger partial charge in [0.1, 0.15) is 0 Å². The molecule has 2 aliphatic rings. The monoisotopic (exact) mass is 404 g/mol. The third kappa shape index (κ3) is 4.16. The molecule has 7 nitrogen and oxygen atoms in total. The van der Waals surface area contributed by atoms with E-state index >= 15 is 0 Å². The summed E-state index contributed by atoms with van der Waals surface area (Å²) in [7, 11) is -3.27. The summed E-state index contributed by atoms with van der Waals surface area (Å²) in [4.78, 5) is 38.5. The normalized spacial score (nSPS) is 22.9. The lowest BCUT2D eigenvalue weighted by Crippen LogP contribution is -2.36. The zero-order valence-electron chi connectivity index (χ0n) is 15.9. The van der Waals surface area contributed by atoms with Crippen molar-refractivity contribution in [2.45, 2.75) is 37.1 Å². The topological polar surface area (TPSA) is 101 Å². The van der Waals surface area contributed by atoms with Gasteiger partial charge in [-0.3, -0.25) is 19.3 Å². The standard InChI is InChI=1S/C20H24N2O5S/c1-13(14-7-9-15(10-8-14)28(2,26)27)21-18(23)11-12-22-19(24)16-5-3-4-6-17(16)20(22)25/h3-4,7-10,13,16-17H,5-6,11-12H2,1-2H3,(H,21,23)/t13-,16+,17+/m0/s1. The molecule has 0 spiro atoms. The summed E-state index contributed by atoms with van der Waals surface area (Å²) >= 11 is 0. The molecule has 1 aliphatic carbocycles. The molecule has 0 radical (unpaired) electrons. The SMILES string of the molecule is C[C@H](NC(=O)CCN1C(=O)[C@@H]2CC=CC[C@H]2C1=O)c1ccc(S(C)(=O)=O)cc1. The number of nitrogens with one attached hydrogen (secondary N) is 1. The molecular weight excluding hydrogens is 380 g/mol. The smallest absolute Gasteiger partial charge is 0.233 e. The number of hydrogen-bond donors (Lipinski definition) is 1. The van der Waals surface area contributed by atoms with Crippen LogP contribution in [0.5, 0.6) is 0 Å². The molecule has 0 bridgehead atoms. The predicted octanol–water partition coefficient (Wildman–Crippen LogP) is 1.61. The first-order valence-corrected chi connectivity index (χ1v) is 11.2. The summed E-state index contributed by atoms with van der Waals surface area (Å²) in [6.45, 7) is 1.87. The van der Waals surface area contributed by atoms with Gasteiger partial charge in [-0.1, -0.05) is 24.3 Å². The van der Waals surface area contributed by atoms with E-state index in [1.54, 1.807) is 19.1 Å². The zero-order chi connectivity index (χ0) is 20.5. The minimum absolute atomic E-state index is 0.0378. The van der Waals surface area contributed by atoms with Gasteiger partial charge in [0.2, 0.25) is 17.7 Å². The molecule has 3 rings (SSSR count). The predicted molar refractivity (Wildman–Crippen MR) is 103 cm³/mol. The van der Waals surface area contributed by atoms with Crippen molar-refractivity contribution in [3.05, 3.63) is 42.0 Å². The minimum atomic E-state index is -3.27. The van der Waals surface area contributed by atoms with Crippen LogP contribution >= 0.6 is 0 Å². The van der Waals surface area contributed by atoms with Crippen LogP contribution in [0.3, 0.4) is 0 Å². The maximum Gasteiger partial charge on any atom is 0.233 e. The summed E-state index contributed by atoms with van der Waals surface area (Å²) < 4.78 is 23.0. The van der Waals surface area contributed by atoms with Crippen molar-refractivity contribution in [3.8, 4) is 0 Å². The number of carbonyl (C=O) groups is 3. The Bertz CT molecular complexity index is 894. The van der Waals surface area contributed by atoms with Gasteiger partial charge in [-0.05, 0) is 37.5 Å². The van der Waals surface area contributed by atoms with Gasteiger partial charge in [0.15, 0.2) is 9.84 Å². The Balaban J connectivity index is 1.54. The van der Waals surface area contributed by atoms with Gasteiger partial charge >= 0.3 is 0 Å². The number of amides is 3. The molecule has 150 valence electrons. The number of allylic oxidation sites excluding steroid dienone is 2. The number of benzene rings is 1. The Labute approximate surface area is 164 Å². The molecule has 28 heavy (non-hydrogen) atoms. The number of imide groups is 1. The van der Waals surface area contributed by atoms with Crippen LogP contribution in [0.2, 0.25) is 0 Å². The van der Waals surface area contributed by atoms with E-state index in [1.807, 2.05) is 12.2 Å². The number of carbonyl (C=O) groups excluding carboxylic acids is 3. The number of fused-ring (bicyclic) bond motifs is 1. The lowest BCUT2D eigenvalue weighted by atomic mass is 9.85. The third-order valence-electron chi connectivity index (χ3n) is 5.35. The Kier molecular flexibility index (Phi) is 5.69. The van der Waals surface area contributed by atoms with Gasteiger partial charge in [-0.25, -0.2) is 8.42 Å². The van der Waals surface area contributed by atoms with Crippen molar-refractivity contribution in [2.24, 2.45) is 11.8 Å². The summed E-state index contributed by atoms with van der Waals surface area (Å²) in [5, 5.41) is 2.82. The van der Waals surface area contributed by atoms with Crippen LogP contribution in [0, 0.1) is 11.8 Å². The van der Waals surface area contributed by atoms with E-state index in [0.29, 0.717) is 12.8 Å². The molecule has 0 saturated carbocycles.